The maximum atomic E-state index is 6.30. The number of ether oxygens (including phenoxy) is 2. The minimum Gasteiger partial charge on any atom is -0.497 e. The van der Waals surface area contributed by atoms with Crippen molar-refractivity contribution in [3.8, 4) is 11.5 Å². The number of aromatic nitrogens is 1. The fraction of sp³-hybridized carbons (Fsp3) is 0.172. The summed E-state index contributed by atoms with van der Waals surface area (Å²) in [4.78, 5) is 0. The molecule has 3 heteroatoms. The summed E-state index contributed by atoms with van der Waals surface area (Å²) in [7, 11) is 1.73. The number of methoxy groups -OCH3 is 1. The van der Waals surface area contributed by atoms with E-state index < -0.39 is 0 Å². The average Bonchev–Trinajstić information content (AvgIpc) is 3.37. The normalized spacial score (nSPS) is 15.0. The SMILES string of the molecule is COc1ccc2c(c1)C(c1ccccc1OCCn1cccc1)CC(c1ccccc1)=C2. The highest BCUT2D eigenvalue weighted by Crippen LogP contribution is 2.45. The van der Waals surface area contributed by atoms with Gasteiger partial charge < -0.3 is 14.0 Å². The maximum Gasteiger partial charge on any atom is 0.123 e. The first kappa shape index (κ1) is 20.2. The lowest BCUT2D eigenvalue weighted by molar-refractivity contribution is 0.295. The van der Waals surface area contributed by atoms with Crippen LogP contribution >= 0.6 is 0 Å². The number of allylic oxidation sites excluding steroid dienone is 1. The predicted octanol–water partition coefficient (Wildman–Crippen LogP) is 6.65. The van der Waals surface area contributed by atoms with Crippen molar-refractivity contribution in [2.75, 3.05) is 13.7 Å². The average molecular weight is 422 g/mol. The highest BCUT2D eigenvalue weighted by molar-refractivity contribution is 5.86. The molecule has 0 radical (unpaired) electrons. The fourth-order valence-electron chi connectivity index (χ4n) is 4.50. The zero-order chi connectivity index (χ0) is 21.8. The highest BCUT2D eigenvalue weighted by atomic mass is 16.5. The number of nitrogens with zero attached hydrogens (tertiary/aromatic N) is 1. The van der Waals surface area contributed by atoms with E-state index in [2.05, 4.69) is 89.8 Å². The molecule has 1 unspecified atom stereocenters. The molecular formula is C29H27NO2. The van der Waals surface area contributed by atoms with Gasteiger partial charge in [0.15, 0.2) is 0 Å². The number of fused-ring (bicyclic) bond motifs is 1. The van der Waals surface area contributed by atoms with Crippen molar-refractivity contribution in [3.05, 3.63) is 120 Å². The van der Waals surface area contributed by atoms with Crippen LogP contribution in [0.1, 0.15) is 34.6 Å². The number of hydrogen-bond donors (Lipinski definition) is 0. The molecule has 3 aromatic carbocycles. The van der Waals surface area contributed by atoms with Gasteiger partial charge >= 0.3 is 0 Å². The molecule has 3 nitrogen and oxygen atoms in total. The van der Waals surface area contributed by atoms with Crippen LogP contribution in [0.5, 0.6) is 11.5 Å². The molecule has 160 valence electrons. The number of para-hydroxylation sites is 1. The second kappa shape index (κ2) is 9.19. The van der Waals surface area contributed by atoms with E-state index in [0.717, 1.165) is 24.5 Å². The van der Waals surface area contributed by atoms with E-state index in [9.17, 15) is 0 Å². The first-order chi connectivity index (χ1) is 15.8. The fourth-order valence-corrected chi connectivity index (χ4v) is 4.50. The van der Waals surface area contributed by atoms with E-state index in [1.165, 1.54) is 27.8 Å². The van der Waals surface area contributed by atoms with Crippen molar-refractivity contribution < 1.29 is 9.47 Å². The Balaban J connectivity index is 1.50. The summed E-state index contributed by atoms with van der Waals surface area (Å²) in [6, 6.07) is 29.6. The lowest BCUT2D eigenvalue weighted by Gasteiger charge is -2.28. The van der Waals surface area contributed by atoms with Crippen LogP contribution in [-0.2, 0) is 6.54 Å². The second-order valence-corrected chi connectivity index (χ2v) is 8.09. The quantitative estimate of drug-likeness (QED) is 0.333. The summed E-state index contributed by atoms with van der Waals surface area (Å²) in [6.07, 6.45) is 7.37. The van der Waals surface area contributed by atoms with Crippen molar-refractivity contribution in [3.63, 3.8) is 0 Å². The van der Waals surface area contributed by atoms with E-state index in [1.807, 2.05) is 18.2 Å². The van der Waals surface area contributed by atoms with Gasteiger partial charge in [-0.05, 0) is 59.0 Å². The Morgan fingerprint density at radius 2 is 1.62 bits per heavy atom. The third-order valence-corrected chi connectivity index (χ3v) is 6.14. The lowest BCUT2D eigenvalue weighted by Crippen LogP contribution is -2.12. The first-order valence-electron chi connectivity index (χ1n) is 11.1. The van der Waals surface area contributed by atoms with Crippen molar-refractivity contribution in [2.45, 2.75) is 18.9 Å². The maximum absolute atomic E-state index is 6.30. The molecule has 0 aliphatic heterocycles. The van der Waals surface area contributed by atoms with Crippen LogP contribution in [0.15, 0.2) is 97.3 Å². The van der Waals surface area contributed by atoms with E-state index in [-0.39, 0.29) is 5.92 Å². The van der Waals surface area contributed by atoms with E-state index in [1.54, 1.807) is 7.11 Å². The van der Waals surface area contributed by atoms with Gasteiger partial charge in [-0.3, -0.25) is 0 Å². The number of hydrogen-bond acceptors (Lipinski definition) is 2. The first-order valence-corrected chi connectivity index (χ1v) is 11.1. The molecule has 0 N–H and O–H groups in total. The zero-order valence-corrected chi connectivity index (χ0v) is 18.3. The Morgan fingerprint density at radius 1 is 0.844 bits per heavy atom. The van der Waals surface area contributed by atoms with Gasteiger partial charge in [0.2, 0.25) is 0 Å². The van der Waals surface area contributed by atoms with Crippen molar-refractivity contribution >= 4 is 11.6 Å². The molecule has 1 atom stereocenters. The summed E-state index contributed by atoms with van der Waals surface area (Å²) in [5, 5.41) is 0. The van der Waals surface area contributed by atoms with E-state index >= 15 is 0 Å². The largest absolute Gasteiger partial charge is 0.497 e. The van der Waals surface area contributed by atoms with Crippen LogP contribution in [0.25, 0.3) is 11.6 Å². The van der Waals surface area contributed by atoms with Crippen LogP contribution in [0, 0.1) is 0 Å². The van der Waals surface area contributed by atoms with Crippen LogP contribution in [0.4, 0.5) is 0 Å². The van der Waals surface area contributed by atoms with Crippen molar-refractivity contribution in [1.82, 2.24) is 4.57 Å². The van der Waals surface area contributed by atoms with Gasteiger partial charge in [0.25, 0.3) is 0 Å². The van der Waals surface area contributed by atoms with Gasteiger partial charge in [0.05, 0.1) is 13.7 Å². The number of rotatable bonds is 7. The molecule has 1 aliphatic rings. The Hall–Kier alpha value is -3.72. The molecule has 0 amide bonds. The van der Waals surface area contributed by atoms with Gasteiger partial charge in [-0.25, -0.2) is 0 Å². The summed E-state index contributed by atoms with van der Waals surface area (Å²) >= 11 is 0. The molecule has 0 bridgehead atoms. The lowest BCUT2D eigenvalue weighted by atomic mass is 9.77. The van der Waals surface area contributed by atoms with Crippen LogP contribution in [0.3, 0.4) is 0 Å². The smallest absolute Gasteiger partial charge is 0.123 e. The Labute approximate surface area is 189 Å². The summed E-state index contributed by atoms with van der Waals surface area (Å²) in [5.74, 6) is 2.03. The third-order valence-electron chi connectivity index (χ3n) is 6.14. The Morgan fingerprint density at radius 3 is 2.44 bits per heavy atom. The second-order valence-electron chi connectivity index (χ2n) is 8.09. The standard InChI is InChI=1S/C29H27NO2/c1-31-25-14-13-23-19-24(22-9-3-2-4-10-22)20-28(27(23)21-25)26-11-5-6-12-29(26)32-18-17-30-15-7-8-16-30/h2-16,19,21,28H,17-18,20H2,1H3. The molecule has 0 fully saturated rings. The molecule has 1 aliphatic carbocycles. The van der Waals surface area contributed by atoms with Gasteiger partial charge in [-0.15, -0.1) is 0 Å². The van der Waals surface area contributed by atoms with Crippen LogP contribution in [0.2, 0.25) is 0 Å². The zero-order valence-electron chi connectivity index (χ0n) is 18.3. The predicted molar refractivity (Wildman–Crippen MR) is 130 cm³/mol. The Bertz CT molecular complexity index is 1210. The molecule has 0 spiro atoms. The molecule has 1 aromatic heterocycles. The molecule has 0 saturated heterocycles. The molecular weight excluding hydrogens is 394 g/mol. The molecule has 0 saturated carbocycles. The molecule has 5 rings (SSSR count). The van der Waals surface area contributed by atoms with Gasteiger partial charge in [-0.2, -0.15) is 0 Å². The third kappa shape index (κ3) is 4.19. The van der Waals surface area contributed by atoms with Gasteiger partial charge in [-0.1, -0.05) is 60.7 Å². The van der Waals surface area contributed by atoms with E-state index in [0.29, 0.717) is 6.61 Å². The molecule has 32 heavy (non-hydrogen) atoms. The summed E-state index contributed by atoms with van der Waals surface area (Å²) < 4.78 is 14.0. The number of benzene rings is 3. The van der Waals surface area contributed by atoms with Crippen molar-refractivity contribution in [2.24, 2.45) is 0 Å². The Kier molecular flexibility index (Phi) is 5.80. The van der Waals surface area contributed by atoms with Gasteiger partial charge in [0, 0.05) is 23.9 Å². The minimum absolute atomic E-state index is 0.197. The van der Waals surface area contributed by atoms with E-state index in [4.69, 9.17) is 9.47 Å². The summed E-state index contributed by atoms with van der Waals surface area (Å²) in [6.45, 7) is 1.45. The molecule has 4 aromatic rings. The van der Waals surface area contributed by atoms with Crippen LogP contribution < -0.4 is 9.47 Å². The topological polar surface area (TPSA) is 23.4 Å². The minimum atomic E-state index is 0.197. The highest BCUT2D eigenvalue weighted by Gasteiger charge is 2.26. The van der Waals surface area contributed by atoms with Gasteiger partial charge in [0.1, 0.15) is 18.1 Å². The van der Waals surface area contributed by atoms with Crippen molar-refractivity contribution in [1.29, 1.82) is 0 Å². The molecule has 1 heterocycles. The van der Waals surface area contributed by atoms with Crippen LogP contribution in [-0.4, -0.2) is 18.3 Å². The summed E-state index contributed by atoms with van der Waals surface area (Å²) in [5.41, 5.74) is 6.35. The monoisotopic (exact) mass is 421 g/mol.